The van der Waals surface area contributed by atoms with Crippen LogP contribution in [0.5, 0.6) is 0 Å². The second kappa shape index (κ2) is 5.97. The molecule has 102 valence electrons. The third-order valence-electron chi connectivity index (χ3n) is 3.85. The van der Waals surface area contributed by atoms with Gasteiger partial charge in [0, 0.05) is 19.1 Å². The monoisotopic (exact) mass is 268 g/mol. The Morgan fingerprint density at radius 3 is 2.83 bits per heavy atom. The summed E-state index contributed by atoms with van der Waals surface area (Å²) in [7, 11) is 0. The Morgan fingerprint density at radius 1 is 1.33 bits per heavy atom. The lowest BCUT2D eigenvalue weighted by Crippen LogP contribution is -2.45. The molecule has 0 aromatic carbocycles. The molecule has 1 aromatic heterocycles. The second-order valence-corrected chi connectivity index (χ2v) is 6.58. The van der Waals surface area contributed by atoms with Crippen molar-refractivity contribution >= 4 is 16.5 Å². The molecule has 1 fully saturated rings. The summed E-state index contributed by atoms with van der Waals surface area (Å²) < 4.78 is 0. The zero-order valence-electron chi connectivity index (χ0n) is 11.8. The SMILES string of the molecule is CCNc1nnc(CN2CC(C)CC(C)C2C)s1. The third-order valence-corrected chi connectivity index (χ3v) is 4.72. The van der Waals surface area contributed by atoms with Crippen LogP contribution < -0.4 is 5.32 Å². The fraction of sp³-hybridized carbons (Fsp3) is 0.846. The van der Waals surface area contributed by atoms with Gasteiger partial charge >= 0.3 is 0 Å². The van der Waals surface area contributed by atoms with Crippen LogP contribution in [0.3, 0.4) is 0 Å². The van der Waals surface area contributed by atoms with Crippen molar-refractivity contribution in [3.63, 3.8) is 0 Å². The highest BCUT2D eigenvalue weighted by Crippen LogP contribution is 2.29. The van der Waals surface area contributed by atoms with E-state index in [0.29, 0.717) is 6.04 Å². The molecular weight excluding hydrogens is 244 g/mol. The first-order valence-corrected chi connectivity index (χ1v) is 7.72. The molecule has 1 N–H and O–H groups in total. The maximum Gasteiger partial charge on any atom is 0.205 e. The summed E-state index contributed by atoms with van der Waals surface area (Å²) in [6.07, 6.45) is 1.34. The van der Waals surface area contributed by atoms with Crippen molar-refractivity contribution in [1.29, 1.82) is 0 Å². The van der Waals surface area contributed by atoms with Crippen LogP contribution in [-0.4, -0.2) is 34.2 Å². The molecule has 0 spiro atoms. The van der Waals surface area contributed by atoms with Gasteiger partial charge in [0.05, 0.1) is 6.54 Å². The summed E-state index contributed by atoms with van der Waals surface area (Å²) >= 11 is 1.68. The lowest BCUT2D eigenvalue weighted by molar-refractivity contribution is 0.0727. The molecular formula is C13H24N4S. The van der Waals surface area contributed by atoms with Gasteiger partial charge in [0.2, 0.25) is 5.13 Å². The van der Waals surface area contributed by atoms with Crippen molar-refractivity contribution in [3.8, 4) is 0 Å². The van der Waals surface area contributed by atoms with Gasteiger partial charge in [0.25, 0.3) is 0 Å². The van der Waals surface area contributed by atoms with Crippen molar-refractivity contribution < 1.29 is 0 Å². The standard InChI is InChI=1S/C13H24N4S/c1-5-14-13-16-15-12(18-13)8-17-7-9(2)6-10(3)11(17)4/h9-11H,5-8H2,1-4H3,(H,14,16). The quantitative estimate of drug-likeness (QED) is 0.911. The fourth-order valence-corrected chi connectivity index (χ4v) is 3.59. The summed E-state index contributed by atoms with van der Waals surface area (Å²) in [5.41, 5.74) is 0. The summed E-state index contributed by atoms with van der Waals surface area (Å²) in [5, 5.41) is 13.7. The van der Waals surface area contributed by atoms with Gasteiger partial charge in [-0.1, -0.05) is 25.2 Å². The minimum atomic E-state index is 0.646. The Balaban J connectivity index is 1.98. The highest BCUT2D eigenvalue weighted by molar-refractivity contribution is 7.15. The molecule has 0 bridgehead atoms. The summed E-state index contributed by atoms with van der Waals surface area (Å²) in [6.45, 7) is 12.2. The number of likely N-dealkylation sites (tertiary alicyclic amines) is 1. The maximum absolute atomic E-state index is 4.28. The molecule has 0 amide bonds. The van der Waals surface area contributed by atoms with Crippen molar-refractivity contribution in [3.05, 3.63) is 5.01 Å². The number of hydrogen-bond donors (Lipinski definition) is 1. The van der Waals surface area contributed by atoms with Gasteiger partial charge in [-0.05, 0) is 32.1 Å². The lowest BCUT2D eigenvalue weighted by Gasteiger charge is -2.40. The topological polar surface area (TPSA) is 41.1 Å². The fourth-order valence-electron chi connectivity index (χ4n) is 2.76. The molecule has 5 heteroatoms. The van der Waals surface area contributed by atoms with E-state index in [9.17, 15) is 0 Å². The molecule has 0 saturated carbocycles. The van der Waals surface area contributed by atoms with Crippen LogP contribution in [0.15, 0.2) is 0 Å². The van der Waals surface area contributed by atoms with E-state index in [-0.39, 0.29) is 0 Å². The second-order valence-electron chi connectivity index (χ2n) is 5.52. The van der Waals surface area contributed by atoms with E-state index in [0.717, 1.165) is 35.1 Å². The highest BCUT2D eigenvalue weighted by atomic mass is 32.1. The molecule has 2 heterocycles. The Bertz CT molecular complexity index is 379. The van der Waals surface area contributed by atoms with Crippen molar-refractivity contribution in [2.75, 3.05) is 18.4 Å². The van der Waals surface area contributed by atoms with Crippen LogP contribution in [0.1, 0.15) is 39.1 Å². The van der Waals surface area contributed by atoms with Gasteiger partial charge in [-0.2, -0.15) is 0 Å². The molecule has 1 aliphatic rings. The minimum Gasteiger partial charge on any atom is -0.360 e. The van der Waals surface area contributed by atoms with Crippen molar-refractivity contribution in [2.24, 2.45) is 11.8 Å². The van der Waals surface area contributed by atoms with Gasteiger partial charge < -0.3 is 5.32 Å². The number of aromatic nitrogens is 2. The van der Waals surface area contributed by atoms with E-state index in [4.69, 9.17) is 0 Å². The van der Waals surface area contributed by atoms with Gasteiger partial charge in [-0.25, -0.2) is 0 Å². The minimum absolute atomic E-state index is 0.646. The van der Waals surface area contributed by atoms with Crippen LogP contribution in [0.2, 0.25) is 0 Å². The Labute approximate surface area is 114 Å². The number of rotatable bonds is 4. The van der Waals surface area contributed by atoms with Crippen LogP contribution in [0.25, 0.3) is 0 Å². The average molecular weight is 268 g/mol. The maximum atomic E-state index is 4.28. The van der Waals surface area contributed by atoms with Gasteiger partial charge in [0.1, 0.15) is 5.01 Å². The number of nitrogens with one attached hydrogen (secondary N) is 1. The lowest BCUT2D eigenvalue weighted by atomic mass is 9.86. The van der Waals surface area contributed by atoms with Gasteiger partial charge in [-0.15, -0.1) is 10.2 Å². The normalized spacial score (nSPS) is 29.4. The van der Waals surface area contributed by atoms with E-state index >= 15 is 0 Å². The van der Waals surface area contributed by atoms with Crippen LogP contribution >= 0.6 is 11.3 Å². The first-order valence-electron chi connectivity index (χ1n) is 6.90. The highest BCUT2D eigenvalue weighted by Gasteiger charge is 2.29. The van der Waals surface area contributed by atoms with E-state index in [2.05, 4.69) is 48.1 Å². The number of hydrogen-bond acceptors (Lipinski definition) is 5. The largest absolute Gasteiger partial charge is 0.360 e. The Kier molecular flexibility index (Phi) is 4.56. The zero-order valence-corrected chi connectivity index (χ0v) is 12.6. The first-order chi connectivity index (χ1) is 8.60. The summed E-state index contributed by atoms with van der Waals surface area (Å²) in [4.78, 5) is 2.55. The average Bonchev–Trinajstić information content (AvgIpc) is 2.73. The number of anilines is 1. The molecule has 3 atom stereocenters. The zero-order chi connectivity index (χ0) is 13.1. The number of nitrogens with zero attached hydrogens (tertiary/aromatic N) is 3. The van der Waals surface area contributed by atoms with Crippen LogP contribution in [-0.2, 0) is 6.54 Å². The molecule has 4 nitrogen and oxygen atoms in total. The summed E-state index contributed by atoms with van der Waals surface area (Å²) in [5.74, 6) is 1.56. The van der Waals surface area contributed by atoms with Gasteiger partial charge in [0.15, 0.2) is 0 Å². The Hall–Kier alpha value is -0.680. The third kappa shape index (κ3) is 3.20. The molecule has 1 aliphatic heterocycles. The predicted octanol–water partition coefficient (Wildman–Crippen LogP) is 2.84. The number of piperidine rings is 1. The molecule has 3 unspecified atom stereocenters. The molecule has 0 radical (unpaired) electrons. The van der Waals surface area contributed by atoms with E-state index in [1.807, 2.05) is 0 Å². The predicted molar refractivity (Wildman–Crippen MR) is 76.9 cm³/mol. The van der Waals surface area contributed by atoms with E-state index in [1.54, 1.807) is 11.3 Å². The van der Waals surface area contributed by atoms with Crippen molar-refractivity contribution in [1.82, 2.24) is 15.1 Å². The van der Waals surface area contributed by atoms with Crippen LogP contribution in [0.4, 0.5) is 5.13 Å². The molecule has 18 heavy (non-hydrogen) atoms. The molecule has 2 rings (SSSR count). The first kappa shape index (κ1) is 13.7. The molecule has 0 aliphatic carbocycles. The molecule has 1 aromatic rings. The van der Waals surface area contributed by atoms with E-state index < -0.39 is 0 Å². The smallest absolute Gasteiger partial charge is 0.205 e. The summed E-state index contributed by atoms with van der Waals surface area (Å²) in [6, 6.07) is 0.646. The molecule has 1 saturated heterocycles. The van der Waals surface area contributed by atoms with Crippen molar-refractivity contribution in [2.45, 2.75) is 46.7 Å². The van der Waals surface area contributed by atoms with Gasteiger partial charge in [-0.3, -0.25) is 4.90 Å². The van der Waals surface area contributed by atoms with E-state index in [1.165, 1.54) is 13.0 Å². The Morgan fingerprint density at radius 2 is 2.11 bits per heavy atom. The van der Waals surface area contributed by atoms with Crippen LogP contribution in [0, 0.1) is 11.8 Å².